The van der Waals surface area contributed by atoms with Crippen LogP contribution in [0.1, 0.15) is 44.6 Å². The molecule has 6 heteroatoms. The molecule has 142 valence electrons. The van der Waals surface area contributed by atoms with Crippen LogP contribution >= 0.6 is 0 Å². The summed E-state index contributed by atoms with van der Waals surface area (Å²) in [5, 5.41) is 2.78. The summed E-state index contributed by atoms with van der Waals surface area (Å²) in [5.41, 5.74) is -0.167. The molecule has 1 amide bonds. The zero-order valence-corrected chi connectivity index (χ0v) is 15.2. The van der Waals surface area contributed by atoms with Crippen LogP contribution in [0.2, 0.25) is 0 Å². The quantitative estimate of drug-likeness (QED) is 0.815. The zero-order chi connectivity index (χ0) is 18.4. The Bertz CT molecular complexity index is 612. The number of benzene rings is 1. The van der Waals surface area contributed by atoms with Crippen molar-refractivity contribution in [3.8, 4) is 0 Å². The van der Waals surface area contributed by atoms with E-state index in [1.54, 1.807) is 0 Å². The molecule has 2 aliphatic rings. The first-order valence-corrected chi connectivity index (χ1v) is 9.37. The van der Waals surface area contributed by atoms with Gasteiger partial charge in [-0.25, -0.2) is 9.59 Å². The fourth-order valence-corrected chi connectivity index (χ4v) is 3.59. The highest BCUT2D eigenvalue weighted by Crippen LogP contribution is 2.31. The van der Waals surface area contributed by atoms with Gasteiger partial charge in [-0.1, -0.05) is 37.3 Å². The standard InChI is InChI=1S/C20H27NO5/c1-15-6-5-9-17(15)26-18(22)20(10-12-24-13-11-20)21-19(23)25-14-16-7-3-2-4-8-16/h2-4,7-8,15,17H,5-6,9-14H2,1H3,(H,21,23). The maximum atomic E-state index is 12.9. The Labute approximate surface area is 154 Å². The van der Waals surface area contributed by atoms with Gasteiger partial charge in [-0.05, 0) is 30.7 Å². The number of carbonyl (C=O) groups is 2. The summed E-state index contributed by atoms with van der Waals surface area (Å²) in [7, 11) is 0. The van der Waals surface area contributed by atoms with Crippen LogP contribution in [-0.2, 0) is 25.6 Å². The van der Waals surface area contributed by atoms with E-state index in [1.807, 2.05) is 30.3 Å². The van der Waals surface area contributed by atoms with Gasteiger partial charge in [0.15, 0.2) is 0 Å². The van der Waals surface area contributed by atoms with E-state index in [1.165, 1.54) is 0 Å². The van der Waals surface area contributed by atoms with Crippen LogP contribution in [0.4, 0.5) is 4.79 Å². The molecule has 26 heavy (non-hydrogen) atoms. The normalized spacial score (nSPS) is 24.7. The smallest absolute Gasteiger partial charge is 0.408 e. The van der Waals surface area contributed by atoms with Crippen molar-refractivity contribution in [3.05, 3.63) is 35.9 Å². The third kappa shape index (κ3) is 4.55. The molecule has 1 aliphatic carbocycles. The summed E-state index contributed by atoms with van der Waals surface area (Å²) in [6, 6.07) is 9.44. The second kappa shape index (κ2) is 8.54. The van der Waals surface area contributed by atoms with E-state index in [4.69, 9.17) is 14.2 Å². The molecule has 1 aromatic carbocycles. The van der Waals surface area contributed by atoms with Gasteiger partial charge in [-0.15, -0.1) is 0 Å². The molecule has 1 saturated carbocycles. The number of esters is 1. The Morgan fingerprint density at radius 3 is 2.58 bits per heavy atom. The maximum absolute atomic E-state index is 12.9. The van der Waals surface area contributed by atoms with E-state index in [9.17, 15) is 9.59 Å². The van der Waals surface area contributed by atoms with Gasteiger partial charge in [0.1, 0.15) is 18.2 Å². The molecule has 2 unspecified atom stereocenters. The van der Waals surface area contributed by atoms with E-state index in [2.05, 4.69) is 12.2 Å². The Kier molecular flexibility index (Phi) is 6.14. The van der Waals surface area contributed by atoms with Crippen molar-refractivity contribution in [1.29, 1.82) is 0 Å². The van der Waals surface area contributed by atoms with Crippen molar-refractivity contribution < 1.29 is 23.8 Å². The van der Waals surface area contributed by atoms with Crippen molar-refractivity contribution in [2.45, 2.75) is 57.3 Å². The highest BCUT2D eigenvalue weighted by atomic mass is 16.6. The molecule has 1 saturated heterocycles. The third-order valence-electron chi connectivity index (χ3n) is 5.33. The molecular formula is C20H27NO5. The van der Waals surface area contributed by atoms with Crippen LogP contribution in [0.25, 0.3) is 0 Å². The lowest BCUT2D eigenvalue weighted by molar-refractivity contribution is -0.162. The number of ether oxygens (including phenoxy) is 3. The Morgan fingerprint density at radius 2 is 1.92 bits per heavy atom. The van der Waals surface area contributed by atoms with E-state index in [-0.39, 0.29) is 18.7 Å². The first-order chi connectivity index (χ1) is 12.6. The Balaban J connectivity index is 1.60. The van der Waals surface area contributed by atoms with Crippen molar-refractivity contribution >= 4 is 12.1 Å². The van der Waals surface area contributed by atoms with E-state index >= 15 is 0 Å². The fraction of sp³-hybridized carbons (Fsp3) is 0.600. The van der Waals surface area contributed by atoms with Crippen LogP contribution in [0.3, 0.4) is 0 Å². The van der Waals surface area contributed by atoms with E-state index in [0.717, 1.165) is 24.8 Å². The number of alkyl carbamates (subject to hydrolysis) is 1. The van der Waals surface area contributed by atoms with E-state index < -0.39 is 11.6 Å². The summed E-state index contributed by atoms with van der Waals surface area (Å²) in [6.07, 6.45) is 3.15. The average Bonchev–Trinajstić information content (AvgIpc) is 3.06. The molecule has 2 atom stereocenters. The number of nitrogens with one attached hydrogen (secondary N) is 1. The fourth-order valence-electron chi connectivity index (χ4n) is 3.59. The molecule has 1 aliphatic heterocycles. The minimum Gasteiger partial charge on any atom is -0.460 e. The van der Waals surface area contributed by atoms with Crippen molar-refractivity contribution in [3.63, 3.8) is 0 Å². The summed E-state index contributed by atoms with van der Waals surface area (Å²) < 4.78 is 16.4. The molecule has 0 radical (unpaired) electrons. The second-order valence-electron chi connectivity index (χ2n) is 7.23. The number of rotatable bonds is 5. The van der Waals surface area contributed by atoms with Crippen LogP contribution < -0.4 is 5.32 Å². The first-order valence-electron chi connectivity index (χ1n) is 9.37. The third-order valence-corrected chi connectivity index (χ3v) is 5.33. The van der Waals surface area contributed by atoms with Crippen molar-refractivity contribution in [2.75, 3.05) is 13.2 Å². The molecule has 0 aromatic heterocycles. The topological polar surface area (TPSA) is 73.9 Å². The van der Waals surface area contributed by atoms with Gasteiger partial charge in [-0.3, -0.25) is 0 Å². The molecule has 0 bridgehead atoms. The van der Waals surface area contributed by atoms with Crippen LogP contribution in [0, 0.1) is 5.92 Å². The average molecular weight is 361 g/mol. The second-order valence-corrected chi connectivity index (χ2v) is 7.23. The molecule has 3 rings (SSSR count). The van der Waals surface area contributed by atoms with Gasteiger partial charge in [0.2, 0.25) is 0 Å². The van der Waals surface area contributed by atoms with Gasteiger partial charge >= 0.3 is 12.1 Å². The summed E-state index contributed by atoms with van der Waals surface area (Å²) in [4.78, 5) is 25.2. The highest BCUT2D eigenvalue weighted by Gasteiger charge is 2.45. The lowest BCUT2D eigenvalue weighted by Gasteiger charge is -2.36. The number of hydrogen-bond acceptors (Lipinski definition) is 5. The molecule has 2 fully saturated rings. The van der Waals surface area contributed by atoms with Crippen LogP contribution in [0.5, 0.6) is 0 Å². The molecule has 1 aromatic rings. The maximum Gasteiger partial charge on any atom is 0.408 e. The predicted octanol–water partition coefficient (Wildman–Crippen LogP) is 3.19. The minimum atomic E-state index is -1.06. The van der Waals surface area contributed by atoms with Crippen molar-refractivity contribution in [2.24, 2.45) is 5.92 Å². The lowest BCUT2D eigenvalue weighted by atomic mass is 9.90. The summed E-state index contributed by atoms with van der Waals surface area (Å²) in [6.45, 7) is 3.08. The number of hydrogen-bond donors (Lipinski definition) is 1. The van der Waals surface area contributed by atoms with E-state index in [0.29, 0.717) is 32.0 Å². The molecule has 6 nitrogen and oxygen atoms in total. The molecule has 1 N–H and O–H groups in total. The lowest BCUT2D eigenvalue weighted by Crippen LogP contribution is -2.58. The Hall–Kier alpha value is -2.08. The van der Waals surface area contributed by atoms with Gasteiger partial charge in [0.05, 0.1) is 0 Å². The molecule has 1 heterocycles. The summed E-state index contributed by atoms with van der Waals surface area (Å²) >= 11 is 0. The predicted molar refractivity (Wildman–Crippen MR) is 95.4 cm³/mol. The van der Waals surface area contributed by atoms with Crippen LogP contribution in [0.15, 0.2) is 30.3 Å². The van der Waals surface area contributed by atoms with Gasteiger partial charge in [0.25, 0.3) is 0 Å². The monoisotopic (exact) mass is 361 g/mol. The largest absolute Gasteiger partial charge is 0.460 e. The highest BCUT2D eigenvalue weighted by molar-refractivity contribution is 5.86. The van der Waals surface area contributed by atoms with Gasteiger partial charge < -0.3 is 19.5 Å². The van der Waals surface area contributed by atoms with Crippen LogP contribution in [-0.4, -0.2) is 36.9 Å². The SMILES string of the molecule is CC1CCCC1OC(=O)C1(NC(=O)OCc2ccccc2)CCOCC1. The van der Waals surface area contributed by atoms with Crippen molar-refractivity contribution in [1.82, 2.24) is 5.32 Å². The molecular weight excluding hydrogens is 334 g/mol. The molecule has 0 spiro atoms. The first kappa shape index (κ1) is 18.7. The van der Waals surface area contributed by atoms with Gasteiger partial charge in [-0.2, -0.15) is 0 Å². The Morgan fingerprint density at radius 1 is 1.19 bits per heavy atom. The van der Waals surface area contributed by atoms with Gasteiger partial charge in [0, 0.05) is 26.1 Å². The zero-order valence-electron chi connectivity index (χ0n) is 15.2. The number of carbonyl (C=O) groups excluding carboxylic acids is 2. The summed E-state index contributed by atoms with van der Waals surface area (Å²) in [5.74, 6) is -0.00270. The minimum absolute atomic E-state index is 0.0654. The number of amides is 1.